The second-order valence-electron chi connectivity index (χ2n) is 5.19. The predicted octanol–water partition coefficient (Wildman–Crippen LogP) is 4.54. The van der Waals surface area contributed by atoms with Crippen molar-refractivity contribution >= 4 is 5.97 Å². The van der Waals surface area contributed by atoms with Crippen LogP contribution < -0.4 is 4.74 Å². The van der Waals surface area contributed by atoms with E-state index in [0.29, 0.717) is 18.8 Å². The molecular formula is C16H23F2NO3. The van der Waals surface area contributed by atoms with Crippen LogP contribution >= 0.6 is 0 Å². The van der Waals surface area contributed by atoms with Crippen LogP contribution in [0.1, 0.15) is 61.9 Å². The molecule has 0 saturated carbocycles. The first-order chi connectivity index (χ1) is 10.6. The summed E-state index contributed by atoms with van der Waals surface area (Å²) in [4.78, 5) is 14.4. The molecule has 124 valence electrons. The van der Waals surface area contributed by atoms with Gasteiger partial charge in [0.1, 0.15) is 11.4 Å². The SMILES string of the molecule is O=C(O)c1ccc(OCCCCCCCCCC(F)F)cn1. The van der Waals surface area contributed by atoms with E-state index in [1.54, 1.807) is 6.07 Å². The summed E-state index contributed by atoms with van der Waals surface area (Å²) in [7, 11) is 0. The standard InChI is InChI=1S/C16H23F2NO3/c17-15(18)8-6-4-2-1-3-5-7-11-22-13-9-10-14(16(20)21)19-12-13/h9-10,12,15H,1-8,11H2,(H,20,21). The molecule has 1 rings (SSSR count). The van der Waals surface area contributed by atoms with E-state index in [1.807, 2.05) is 0 Å². The Labute approximate surface area is 129 Å². The number of carboxylic acid groups (broad SMARTS) is 1. The number of unbranched alkanes of at least 4 members (excludes halogenated alkanes) is 6. The molecule has 1 N–H and O–H groups in total. The first kappa shape index (κ1) is 18.3. The normalized spacial score (nSPS) is 10.9. The zero-order valence-corrected chi connectivity index (χ0v) is 12.6. The summed E-state index contributed by atoms with van der Waals surface area (Å²) in [5.41, 5.74) is -0.000748. The summed E-state index contributed by atoms with van der Waals surface area (Å²) >= 11 is 0. The van der Waals surface area contributed by atoms with Crippen molar-refractivity contribution < 1.29 is 23.4 Å². The number of ether oxygens (including phenoxy) is 1. The number of hydrogen-bond acceptors (Lipinski definition) is 3. The molecule has 4 nitrogen and oxygen atoms in total. The quantitative estimate of drug-likeness (QED) is 0.575. The monoisotopic (exact) mass is 315 g/mol. The number of aromatic carboxylic acids is 1. The summed E-state index contributed by atoms with van der Waals surface area (Å²) in [6.07, 6.45) is 5.85. The molecule has 0 bridgehead atoms. The van der Waals surface area contributed by atoms with Crippen LogP contribution in [0, 0.1) is 0 Å². The molecule has 0 atom stereocenters. The Morgan fingerprint density at radius 2 is 1.73 bits per heavy atom. The Kier molecular flexibility index (Phi) is 9.11. The molecule has 0 saturated heterocycles. The molecule has 0 aliphatic carbocycles. The Hall–Kier alpha value is -1.72. The highest BCUT2D eigenvalue weighted by Gasteiger charge is 2.04. The highest BCUT2D eigenvalue weighted by atomic mass is 19.3. The Bertz CT molecular complexity index is 424. The van der Waals surface area contributed by atoms with Crippen LogP contribution in [-0.2, 0) is 0 Å². The average Bonchev–Trinajstić information content (AvgIpc) is 2.49. The molecule has 0 aliphatic heterocycles. The van der Waals surface area contributed by atoms with Crippen LogP contribution in [-0.4, -0.2) is 29.1 Å². The highest BCUT2D eigenvalue weighted by molar-refractivity contribution is 5.85. The maximum atomic E-state index is 11.9. The topological polar surface area (TPSA) is 59.4 Å². The molecule has 22 heavy (non-hydrogen) atoms. The molecule has 6 heteroatoms. The number of pyridine rings is 1. The van der Waals surface area contributed by atoms with Crippen molar-refractivity contribution in [2.24, 2.45) is 0 Å². The third-order valence-electron chi connectivity index (χ3n) is 3.29. The van der Waals surface area contributed by atoms with Crippen molar-refractivity contribution in [2.75, 3.05) is 6.61 Å². The zero-order chi connectivity index (χ0) is 16.2. The lowest BCUT2D eigenvalue weighted by Crippen LogP contribution is -2.01. The molecular weight excluding hydrogens is 292 g/mol. The van der Waals surface area contributed by atoms with Gasteiger partial charge in [0, 0.05) is 6.42 Å². The van der Waals surface area contributed by atoms with Gasteiger partial charge in [-0.2, -0.15) is 0 Å². The van der Waals surface area contributed by atoms with Crippen molar-refractivity contribution in [3.8, 4) is 5.75 Å². The van der Waals surface area contributed by atoms with Crippen molar-refractivity contribution in [2.45, 2.75) is 57.8 Å². The third-order valence-corrected chi connectivity index (χ3v) is 3.29. The van der Waals surface area contributed by atoms with Crippen molar-refractivity contribution in [1.82, 2.24) is 4.98 Å². The molecule has 0 fully saturated rings. The molecule has 0 aromatic carbocycles. The van der Waals surface area contributed by atoms with E-state index in [1.165, 1.54) is 12.3 Å². The van der Waals surface area contributed by atoms with Crippen LogP contribution in [0.3, 0.4) is 0 Å². The second kappa shape index (κ2) is 10.9. The fourth-order valence-electron chi connectivity index (χ4n) is 2.07. The minimum absolute atomic E-state index is 0.000748. The van der Waals surface area contributed by atoms with E-state index >= 15 is 0 Å². The van der Waals surface area contributed by atoms with Crippen LogP contribution in [0.4, 0.5) is 8.78 Å². The summed E-state index contributed by atoms with van der Waals surface area (Å²) in [5.74, 6) is -0.489. The smallest absolute Gasteiger partial charge is 0.354 e. The molecule has 1 aromatic rings. The first-order valence-corrected chi connectivity index (χ1v) is 7.70. The van der Waals surface area contributed by atoms with Gasteiger partial charge >= 0.3 is 5.97 Å². The van der Waals surface area contributed by atoms with E-state index in [2.05, 4.69) is 4.98 Å². The molecule has 0 unspecified atom stereocenters. The minimum Gasteiger partial charge on any atom is -0.492 e. The second-order valence-corrected chi connectivity index (χ2v) is 5.19. The molecule has 0 amide bonds. The number of carboxylic acids is 1. The van der Waals surface area contributed by atoms with Gasteiger partial charge in [-0.05, 0) is 25.0 Å². The van der Waals surface area contributed by atoms with E-state index in [-0.39, 0.29) is 12.1 Å². The minimum atomic E-state index is -2.17. The van der Waals surface area contributed by atoms with Crippen LogP contribution in [0.15, 0.2) is 18.3 Å². The Morgan fingerprint density at radius 3 is 2.27 bits per heavy atom. The van der Waals surface area contributed by atoms with Gasteiger partial charge in [-0.3, -0.25) is 0 Å². The summed E-state index contributed by atoms with van der Waals surface area (Å²) in [5, 5.41) is 8.71. The lowest BCUT2D eigenvalue weighted by Gasteiger charge is -2.06. The maximum Gasteiger partial charge on any atom is 0.354 e. The van der Waals surface area contributed by atoms with Crippen LogP contribution in [0.2, 0.25) is 0 Å². The van der Waals surface area contributed by atoms with Crippen molar-refractivity contribution in [3.63, 3.8) is 0 Å². The zero-order valence-electron chi connectivity index (χ0n) is 12.6. The number of aromatic nitrogens is 1. The largest absolute Gasteiger partial charge is 0.492 e. The van der Waals surface area contributed by atoms with Gasteiger partial charge in [-0.1, -0.05) is 32.1 Å². The van der Waals surface area contributed by atoms with Gasteiger partial charge in [0.05, 0.1) is 12.8 Å². The number of hydrogen-bond donors (Lipinski definition) is 1. The first-order valence-electron chi connectivity index (χ1n) is 7.70. The van der Waals surface area contributed by atoms with Gasteiger partial charge in [-0.25, -0.2) is 18.6 Å². The van der Waals surface area contributed by atoms with Crippen LogP contribution in [0.25, 0.3) is 0 Å². The van der Waals surface area contributed by atoms with Crippen molar-refractivity contribution in [1.29, 1.82) is 0 Å². The molecule has 1 aromatic heterocycles. The highest BCUT2D eigenvalue weighted by Crippen LogP contribution is 2.13. The van der Waals surface area contributed by atoms with E-state index < -0.39 is 12.4 Å². The third kappa shape index (κ3) is 8.54. The van der Waals surface area contributed by atoms with E-state index in [9.17, 15) is 13.6 Å². The van der Waals surface area contributed by atoms with Gasteiger partial charge in [0.2, 0.25) is 6.43 Å². The lowest BCUT2D eigenvalue weighted by atomic mass is 10.1. The summed E-state index contributed by atoms with van der Waals surface area (Å²) in [6.45, 7) is 0.569. The Morgan fingerprint density at radius 1 is 1.09 bits per heavy atom. The Balaban J connectivity index is 1.96. The molecule has 1 heterocycles. The van der Waals surface area contributed by atoms with Crippen molar-refractivity contribution in [3.05, 3.63) is 24.0 Å². The van der Waals surface area contributed by atoms with Gasteiger partial charge in [-0.15, -0.1) is 0 Å². The van der Waals surface area contributed by atoms with E-state index in [4.69, 9.17) is 9.84 Å². The number of alkyl halides is 2. The van der Waals surface area contributed by atoms with Gasteiger partial charge in [0.25, 0.3) is 0 Å². The summed E-state index contributed by atoms with van der Waals surface area (Å²) < 4.78 is 29.3. The number of rotatable bonds is 12. The fraction of sp³-hybridized carbons (Fsp3) is 0.625. The van der Waals surface area contributed by atoms with Gasteiger partial charge < -0.3 is 9.84 Å². The number of nitrogens with zero attached hydrogens (tertiary/aromatic N) is 1. The maximum absolute atomic E-state index is 11.9. The van der Waals surface area contributed by atoms with Gasteiger partial charge in [0.15, 0.2) is 0 Å². The molecule has 0 spiro atoms. The number of carbonyl (C=O) groups is 1. The van der Waals surface area contributed by atoms with E-state index in [0.717, 1.165) is 38.5 Å². The molecule has 0 aliphatic rings. The number of halogens is 2. The lowest BCUT2D eigenvalue weighted by molar-refractivity contribution is 0.0690. The predicted molar refractivity (Wildman–Crippen MR) is 79.6 cm³/mol. The van der Waals surface area contributed by atoms with Crippen LogP contribution in [0.5, 0.6) is 5.75 Å². The summed E-state index contributed by atoms with van der Waals surface area (Å²) in [6, 6.07) is 3.01. The molecule has 0 radical (unpaired) electrons. The fourth-order valence-corrected chi connectivity index (χ4v) is 2.07. The average molecular weight is 315 g/mol.